The van der Waals surface area contributed by atoms with Crippen molar-refractivity contribution in [1.82, 2.24) is 9.88 Å². The number of ether oxygens (including phenoxy) is 2. The molecular formula is C17H20N2O3S. The Labute approximate surface area is 139 Å². The number of hydrogen-bond donors (Lipinski definition) is 0. The number of aryl methyl sites for hydroxylation is 1. The van der Waals surface area contributed by atoms with Crippen molar-refractivity contribution in [2.75, 3.05) is 33.4 Å². The second kappa shape index (κ2) is 7.57. The first-order valence-electron chi connectivity index (χ1n) is 7.71. The summed E-state index contributed by atoms with van der Waals surface area (Å²) in [5.74, 6) is 0.998. The molecule has 2 heterocycles. The first-order chi connectivity index (χ1) is 11.3. The molecule has 1 aromatic carbocycles. The van der Waals surface area contributed by atoms with Crippen molar-refractivity contribution in [3.8, 4) is 16.3 Å². The lowest BCUT2D eigenvalue weighted by Gasteiger charge is -2.26. The third-order valence-electron chi connectivity index (χ3n) is 3.85. The number of aromatic nitrogens is 1. The molecule has 23 heavy (non-hydrogen) atoms. The lowest BCUT2D eigenvalue weighted by molar-refractivity contribution is -0.135. The minimum atomic E-state index is 0.181. The third-order valence-corrected chi connectivity index (χ3v) is 4.77. The van der Waals surface area contributed by atoms with E-state index in [0.29, 0.717) is 39.1 Å². The SMILES string of the molecule is COc1ccccc1-c1nc(CCC(=O)N2CCOCC2)cs1. The molecule has 1 aromatic heterocycles. The molecule has 1 saturated heterocycles. The van der Waals surface area contributed by atoms with Crippen molar-refractivity contribution in [3.63, 3.8) is 0 Å². The number of carbonyl (C=O) groups excluding carboxylic acids is 1. The Bertz CT molecular complexity index is 665. The molecule has 1 aliphatic rings. The Morgan fingerprint density at radius 2 is 2.13 bits per heavy atom. The van der Waals surface area contributed by atoms with Crippen molar-refractivity contribution in [3.05, 3.63) is 35.3 Å². The molecule has 3 rings (SSSR count). The van der Waals surface area contributed by atoms with E-state index in [1.807, 2.05) is 34.5 Å². The van der Waals surface area contributed by atoms with Crippen molar-refractivity contribution >= 4 is 17.2 Å². The molecule has 0 atom stereocenters. The summed E-state index contributed by atoms with van der Waals surface area (Å²) in [5, 5.41) is 2.95. The quantitative estimate of drug-likeness (QED) is 0.844. The average molecular weight is 332 g/mol. The van der Waals surface area contributed by atoms with Crippen molar-refractivity contribution in [1.29, 1.82) is 0 Å². The van der Waals surface area contributed by atoms with Crippen molar-refractivity contribution in [2.24, 2.45) is 0 Å². The highest BCUT2D eigenvalue weighted by Gasteiger charge is 2.17. The highest BCUT2D eigenvalue weighted by Crippen LogP contribution is 2.32. The second-order valence-corrected chi connectivity index (χ2v) is 6.20. The number of para-hydroxylation sites is 1. The van der Waals surface area contributed by atoms with Crippen LogP contribution in [-0.4, -0.2) is 49.2 Å². The summed E-state index contributed by atoms with van der Waals surface area (Å²) in [5.41, 5.74) is 1.95. The number of benzene rings is 1. The van der Waals surface area contributed by atoms with Gasteiger partial charge in [-0.25, -0.2) is 4.98 Å². The molecule has 0 bridgehead atoms. The van der Waals surface area contributed by atoms with Crippen LogP contribution >= 0.6 is 11.3 Å². The van der Waals surface area contributed by atoms with E-state index < -0.39 is 0 Å². The van der Waals surface area contributed by atoms with E-state index in [0.717, 1.165) is 22.0 Å². The van der Waals surface area contributed by atoms with Crippen LogP contribution in [0.5, 0.6) is 5.75 Å². The van der Waals surface area contributed by atoms with Crippen molar-refractivity contribution in [2.45, 2.75) is 12.8 Å². The Morgan fingerprint density at radius 1 is 1.35 bits per heavy atom. The van der Waals surface area contributed by atoms with Crippen LogP contribution in [0.3, 0.4) is 0 Å². The molecule has 0 radical (unpaired) electrons. The van der Waals surface area contributed by atoms with Gasteiger partial charge in [0.2, 0.25) is 5.91 Å². The maximum atomic E-state index is 12.2. The molecule has 0 saturated carbocycles. The molecule has 122 valence electrons. The summed E-state index contributed by atoms with van der Waals surface area (Å²) in [4.78, 5) is 18.7. The minimum absolute atomic E-state index is 0.181. The number of nitrogens with zero attached hydrogens (tertiary/aromatic N) is 2. The Kier molecular flexibility index (Phi) is 5.25. The zero-order valence-corrected chi connectivity index (χ0v) is 14.0. The molecule has 1 aliphatic heterocycles. The van der Waals surface area contributed by atoms with E-state index in [2.05, 4.69) is 4.98 Å². The fourth-order valence-electron chi connectivity index (χ4n) is 2.57. The number of hydrogen-bond acceptors (Lipinski definition) is 5. The van der Waals surface area contributed by atoms with E-state index >= 15 is 0 Å². The molecule has 5 nitrogen and oxygen atoms in total. The number of thiazole rings is 1. The summed E-state index contributed by atoms with van der Waals surface area (Å²) in [6, 6.07) is 7.84. The standard InChI is InChI=1S/C17H20N2O3S/c1-21-15-5-3-2-4-14(15)17-18-13(12-23-17)6-7-16(20)19-8-10-22-11-9-19/h2-5,12H,6-11H2,1H3. The lowest BCUT2D eigenvalue weighted by atomic mass is 10.2. The van der Waals surface area contributed by atoms with Gasteiger partial charge in [0, 0.05) is 24.9 Å². The Hall–Kier alpha value is -1.92. The van der Waals surface area contributed by atoms with Gasteiger partial charge in [0.25, 0.3) is 0 Å². The van der Waals surface area contributed by atoms with Gasteiger partial charge >= 0.3 is 0 Å². The van der Waals surface area contributed by atoms with Crippen LogP contribution in [0.25, 0.3) is 10.6 Å². The second-order valence-electron chi connectivity index (χ2n) is 5.34. The summed E-state index contributed by atoms with van der Waals surface area (Å²) in [6.45, 7) is 2.67. The van der Waals surface area contributed by atoms with Gasteiger partial charge in [0.05, 0.1) is 31.6 Å². The van der Waals surface area contributed by atoms with E-state index in [4.69, 9.17) is 9.47 Å². The first-order valence-corrected chi connectivity index (χ1v) is 8.59. The largest absolute Gasteiger partial charge is 0.496 e. The van der Waals surface area contributed by atoms with E-state index in [1.54, 1.807) is 18.4 Å². The van der Waals surface area contributed by atoms with Crippen LogP contribution in [0.15, 0.2) is 29.6 Å². The number of rotatable bonds is 5. The lowest BCUT2D eigenvalue weighted by Crippen LogP contribution is -2.40. The highest BCUT2D eigenvalue weighted by molar-refractivity contribution is 7.13. The molecule has 0 N–H and O–H groups in total. The van der Waals surface area contributed by atoms with Gasteiger partial charge in [-0.3, -0.25) is 4.79 Å². The number of morpholine rings is 1. The zero-order chi connectivity index (χ0) is 16.1. The number of methoxy groups -OCH3 is 1. The first kappa shape index (κ1) is 16.0. The number of carbonyl (C=O) groups is 1. The molecule has 0 spiro atoms. The molecular weight excluding hydrogens is 312 g/mol. The van der Waals surface area contributed by atoms with Gasteiger partial charge in [-0.1, -0.05) is 12.1 Å². The normalized spacial score (nSPS) is 14.7. The molecule has 2 aromatic rings. The maximum absolute atomic E-state index is 12.2. The van der Waals surface area contributed by atoms with E-state index in [9.17, 15) is 4.79 Å². The highest BCUT2D eigenvalue weighted by atomic mass is 32.1. The van der Waals surface area contributed by atoms with E-state index in [-0.39, 0.29) is 5.91 Å². The van der Waals surface area contributed by atoms with Crippen LogP contribution in [-0.2, 0) is 16.0 Å². The van der Waals surface area contributed by atoms with Gasteiger partial charge in [-0.15, -0.1) is 11.3 Å². The van der Waals surface area contributed by atoms with Crippen LogP contribution in [0.4, 0.5) is 0 Å². The smallest absolute Gasteiger partial charge is 0.223 e. The zero-order valence-electron chi connectivity index (χ0n) is 13.2. The molecule has 1 fully saturated rings. The molecule has 0 unspecified atom stereocenters. The monoisotopic (exact) mass is 332 g/mol. The van der Waals surface area contributed by atoms with Gasteiger partial charge in [-0.2, -0.15) is 0 Å². The van der Waals surface area contributed by atoms with Crippen molar-refractivity contribution < 1.29 is 14.3 Å². The van der Waals surface area contributed by atoms with Gasteiger partial charge in [0.15, 0.2) is 0 Å². The van der Waals surface area contributed by atoms with Gasteiger partial charge < -0.3 is 14.4 Å². The topological polar surface area (TPSA) is 51.7 Å². The summed E-state index contributed by atoms with van der Waals surface area (Å²) >= 11 is 1.58. The predicted octanol–water partition coefficient (Wildman–Crippen LogP) is 2.61. The average Bonchev–Trinajstić information content (AvgIpc) is 3.09. The molecule has 0 aliphatic carbocycles. The fourth-order valence-corrected chi connectivity index (χ4v) is 3.46. The maximum Gasteiger partial charge on any atom is 0.223 e. The fraction of sp³-hybridized carbons (Fsp3) is 0.412. The molecule has 1 amide bonds. The Balaban J connectivity index is 1.62. The third kappa shape index (κ3) is 3.89. The number of amides is 1. The predicted molar refractivity (Wildman–Crippen MR) is 89.8 cm³/mol. The van der Waals surface area contributed by atoms with Crippen LogP contribution in [0, 0.1) is 0 Å². The Morgan fingerprint density at radius 3 is 2.91 bits per heavy atom. The minimum Gasteiger partial charge on any atom is -0.496 e. The summed E-state index contributed by atoms with van der Waals surface area (Å²) in [7, 11) is 1.66. The summed E-state index contributed by atoms with van der Waals surface area (Å²) < 4.78 is 10.7. The van der Waals surface area contributed by atoms with Crippen LogP contribution < -0.4 is 4.74 Å². The van der Waals surface area contributed by atoms with Gasteiger partial charge in [-0.05, 0) is 18.6 Å². The van der Waals surface area contributed by atoms with Crippen LogP contribution in [0.2, 0.25) is 0 Å². The van der Waals surface area contributed by atoms with Crippen LogP contribution in [0.1, 0.15) is 12.1 Å². The van der Waals surface area contributed by atoms with E-state index in [1.165, 1.54) is 0 Å². The molecule has 6 heteroatoms. The summed E-state index contributed by atoms with van der Waals surface area (Å²) in [6.07, 6.45) is 1.16. The van der Waals surface area contributed by atoms with Gasteiger partial charge in [0.1, 0.15) is 10.8 Å².